The highest BCUT2D eigenvalue weighted by Crippen LogP contribution is 2.22. The normalized spacial score (nSPS) is 17.3. The fraction of sp³-hybridized carbons (Fsp3) is 0.429. The number of aryl methyl sites for hydroxylation is 1. The zero-order valence-electron chi connectivity index (χ0n) is 11.3. The summed E-state index contributed by atoms with van der Waals surface area (Å²) in [6.07, 6.45) is 1.46. The van der Waals surface area contributed by atoms with Crippen LogP contribution in [0.1, 0.15) is 28.8 Å². The van der Waals surface area contributed by atoms with Crippen LogP contribution in [0.15, 0.2) is 27.8 Å². The maximum atomic E-state index is 12.4. The number of carbonyl (C=O) groups excluding carboxylic acids is 1. The lowest BCUT2D eigenvalue weighted by molar-refractivity contribution is 0.0709. The quantitative estimate of drug-likeness (QED) is 0.375. The summed E-state index contributed by atoms with van der Waals surface area (Å²) < 4.78 is 0.940. The Morgan fingerprint density at radius 1 is 1.45 bits per heavy atom. The number of amides is 1. The molecular formula is C14H18BrN3O2. The SMILES string of the molecule is Cc1ccc(C(=O)N2CCC(/C(N)=N/O)CC2)cc1Br. The van der Waals surface area contributed by atoms with E-state index < -0.39 is 0 Å². The lowest BCUT2D eigenvalue weighted by atomic mass is 9.95. The van der Waals surface area contributed by atoms with Crippen molar-refractivity contribution in [1.29, 1.82) is 0 Å². The molecule has 0 aromatic heterocycles. The number of nitrogens with two attached hydrogens (primary N) is 1. The highest BCUT2D eigenvalue weighted by atomic mass is 79.9. The average Bonchev–Trinajstić information content (AvgIpc) is 2.48. The van der Waals surface area contributed by atoms with Gasteiger partial charge in [-0.05, 0) is 37.5 Å². The van der Waals surface area contributed by atoms with E-state index in [4.69, 9.17) is 10.9 Å². The van der Waals surface area contributed by atoms with Gasteiger partial charge in [-0.1, -0.05) is 27.2 Å². The van der Waals surface area contributed by atoms with Gasteiger partial charge in [0.25, 0.3) is 5.91 Å². The Bertz CT molecular complexity index is 537. The van der Waals surface area contributed by atoms with E-state index >= 15 is 0 Å². The summed E-state index contributed by atoms with van der Waals surface area (Å²) in [7, 11) is 0. The third kappa shape index (κ3) is 3.12. The predicted molar refractivity (Wildman–Crippen MR) is 80.9 cm³/mol. The molecule has 0 aliphatic carbocycles. The van der Waals surface area contributed by atoms with E-state index in [2.05, 4.69) is 21.1 Å². The molecule has 0 bridgehead atoms. The minimum atomic E-state index is 0.0312. The molecule has 1 amide bonds. The average molecular weight is 340 g/mol. The van der Waals surface area contributed by atoms with Crippen LogP contribution in [-0.4, -0.2) is 34.9 Å². The van der Waals surface area contributed by atoms with Gasteiger partial charge in [0, 0.05) is 29.0 Å². The van der Waals surface area contributed by atoms with Gasteiger partial charge >= 0.3 is 0 Å². The molecule has 0 spiro atoms. The first-order chi connectivity index (χ1) is 9.52. The number of likely N-dealkylation sites (tertiary alicyclic amines) is 1. The summed E-state index contributed by atoms with van der Waals surface area (Å²) in [6.45, 7) is 3.25. The number of piperidine rings is 1. The van der Waals surface area contributed by atoms with Gasteiger partial charge in [0.15, 0.2) is 0 Å². The van der Waals surface area contributed by atoms with Crippen molar-refractivity contribution in [3.05, 3.63) is 33.8 Å². The number of hydrogen-bond donors (Lipinski definition) is 2. The van der Waals surface area contributed by atoms with Crippen LogP contribution in [-0.2, 0) is 0 Å². The first kappa shape index (κ1) is 14.8. The number of hydrogen-bond acceptors (Lipinski definition) is 3. The maximum absolute atomic E-state index is 12.4. The van der Waals surface area contributed by atoms with Gasteiger partial charge in [-0.25, -0.2) is 0 Å². The molecule has 1 aliphatic heterocycles. The number of oxime groups is 1. The summed E-state index contributed by atoms with van der Waals surface area (Å²) in [4.78, 5) is 14.2. The third-order valence-electron chi connectivity index (χ3n) is 3.73. The monoisotopic (exact) mass is 339 g/mol. The first-order valence-corrected chi connectivity index (χ1v) is 7.35. The van der Waals surface area contributed by atoms with E-state index in [1.807, 2.05) is 30.0 Å². The van der Waals surface area contributed by atoms with Crippen LogP contribution in [0.5, 0.6) is 0 Å². The summed E-state index contributed by atoms with van der Waals surface area (Å²) in [5, 5.41) is 11.7. The molecule has 1 aromatic rings. The van der Waals surface area contributed by atoms with E-state index in [-0.39, 0.29) is 17.7 Å². The van der Waals surface area contributed by atoms with Gasteiger partial charge in [-0.15, -0.1) is 0 Å². The summed E-state index contributed by atoms with van der Waals surface area (Å²) >= 11 is 3.45. The second-order valence-corrected chi connectivity index (χ2v) is 5.91. The van der Waals surface area contributed by atoms with Crippen LogP contribution in [0, 0.1) is 12.8 Å². The van der Waals surface area contributed by atoms with Crippen LogP contribution < -0.4 is 5.73 Å². The standard InChI is InChI=1S/C14H18BrN3O2/c1-9-2-3-11(8-12(9)15)14(19)18-6-4-10(5-7-18)13(16)17-20/h2-3,8,10,20H,4-7H2,1H3,(H2,16,17). The number of benzene rings is 1. The van der Waals surface area contributed by atoms with Gasteiger partial charge in [0.1, 0.15) is 5.84 Å². The van der Waals surface area contributed by atoms with Crippen molar-refractivity contribution >= 4 is 27.7 Å². The minimum absolute atomic E-state index is 0.0312. The Kier molecular flexibility index (Phi) is 4.65. The molecule has 3 N–H and O–H groups in total. The number of halogens is 1. The highest BCUT2D eigenvalue weighted by molar-refractivity contribution is 9.10. The molecule has 108 valence electrons. The molecule has 1 saturated heterocycles. The van der Waals surface area contributed by atoms with E-state index in [0.29, 0.717) is 18.7 Å². The molecule has 0 saturated carbocycles. The van der Waals surface area contributed by atoms with Crippen molar-refractivity contribution in [3.8, 4) is 0 Å². The second-order valence-electron chi connectivity index (χ2n) is 5.06. The predicted octanol–water partition coefficient (Wildman–Crippen LogP) is 2.36. The second kappa shape index (κ2) is 6.26. The zero-order valence-corrected chi connectivity index (χ0v) is 12.9. The Balaban J connectivity index is 2.03. The molecule has 0 radical (unpaired) electrons. The number of rotatable bonds is 2. The Labute approximate surface area is 126 Å². The Hall–Kier alpha value is -1.56. The summed E-state index contributed by atoms with van der Waals surface area (Å²) in [6, 6.07) is 5.63. The topological polar surface area (TPSA) is 78.9 Å². The molecule has 0 unspecified atom stereocenters. The third-order valence-corrected chi connectivity index (χ3v) is 4.59. The molecule has 2 rings (SSSR count). The minimum Gasteiger partial charge on any atom is -0.409 e. The summed E-state index contributed by atoms with van der Waals surface area (Å²) in [5.74, 6) is 0.354. The molecule has 1 heterocycles. The van der Waals surface area contributed by atoms with E-state index in [1.54, 1.807) is 0 Å². The van der Waals surface area contributed by atoms with Gasteiger partial charge in [-0.2, -0.15) is 0 Å². The molecule has 6 heteroatoms. The van der Waals surface area contributed by atoms with Crippen LogP contribution >= 0.6 is 15.9 Å². The van der Waals surface area contributed by atoms with Crippen LogP contribution in [0.3, 0.4) is 0 Å². The van der Waals surface area contributed by atoms with Gasteiger partial charge in [-0.3, -0.25) is 4.79 Å². The fourth-order valence-corrected chi connectivity index (χ4v) is 2.75. The Morgan fingerprint density at radius 3 is 2.65 bits per heavy atom. The van der Waals surface area contributed by atoms with Crippen molar-refractivity contribution in [2.24, 2.45) is 16.8 Å². The zero-order chi connectivity index (χ0) is 14.7. The van der Waals surface area contributed by atoms with E-state index in [0.717, 1.165) is 22.9 Å². The highest BCUT2D eigenvalue weighted by Gasteiger charge is 2.26. The molecule has 1 aliphatic rings. The summed E-state index contributed by atoms with van der Waals surface area (Å²) in [5.41, 5.74) is 7.40. The molecule has 20 heavy (non-hydrogen) atoms. The number of amidine groups is 1. The van der Waals surface area contributed by atoms with Gasteiger partial charge < -0.3 is 15.8 Å². The van der Waals surface area contributed by atoms with Crippen molar-refractivity contribution in [3.63, 3.8) is 0 Å². The molecule has 0 atom stereocenters. The van der Waals surface area contributed by atoms with E-state index in [1.165, 1.54) is 0 Å². The van der Waals surface area contributed by atoms with Crippen molar-refractivity contribution in [2.75, 3.05) is 13.1 Å². The molecule has 5 nitrogen and oxygen atoms in total. The first-order valence-electron chi connectivity index (χ1n) is 6.55. The van der Waals surface area contributed by atoms with Crippen LogP contribution in [0.25, 0.3) is 0 Å². The largest absolute Gasteiger partial charge is 0.409 e. The van der Waals surface area contributed by atoms with Crippen molar-refractivity contribution in [1.82, 2.24) is 4.90 Å². The molecular weight excluding hydrogens is 322 g/mol. The lowest BCUT2D eigenvalue weighted by Gasteiger charge is -2.31. The molecule has 1 aromatic carbocycles. The van der Waals surface area contributed by atoms with Crippen molar-refractivity contribution < 1.29 is 10.0 Å². The number of carbonyl (C=O) groups is 1. The van der Waals surface area contributed by atoms with Crippen molar-refractivity contribution in [2.45, 2.75) is 19.8 Å². The lowest BCUT2D eigenvalue weighted by Crippen LogP contribution is -2.41. The number of nitrogens with zero attached hydrogens (tertiary/aromatic N) is 2. The smallest absolute Gasteiger partial charge is 0.253 e. The van der Waals surface area contributed by atoms with E-state index in [9.17, 15) is 4.79 Å². The van der Waals surface area contributed by atoms with Crippen LogP contribution in [0.4, 0.5) is 0 Å². The Morgan fingerprint density at radius 2 is 2.10 bits per heavy atom. The van der Waals surface area contributed by atoms with Gasteiger partial charge in [0.05, 0.1) is 0 Å². The molecule has 1 fully saturated rings. The van der Waals surface area contributed by atoms with Crippen LogP contribution in [0.2, 0.25) is 0 Å². The fourth-order valence-electron chi connectivity index (χ4n) is 2.37. The maximum Gasteiger partial charge on any atom is 0.253 e. The van der Waals surface area contributed by atoms with Gasteiger partial charge in [0.2, 0.25) is 0 Å².